The molecule has 0 aromatic heterocycles. The second kappa shape index (κ2) is 4.80. The molecule has 0 saturated carbocycles. The molecule has 2 nitrogen and oxygen atoms in total. The van der Waals surface area contributed by atoms with E-state index in [0.717, 1.165) is 18.4 Å². The molecule has 1 N–H and O–H groups in total. The first-order chi connectivity index (χ1) is 6.69. The number of phenolic OH excluding ortho intramolecular Hbond substituents is 1. The van der Waals surface area contributed by atoms with E-state index in [1.807, 2.05) is 6.07 Å². The van der Waals surface area contributed by atoms with Gasteiger partial charge in [0.2, 0.25) is 0 Å². The van der Waals surface area contributed by atoms with Crippen LogP contribution in [0.5, 0.6) is 5.75 Å². The van der Waals surface area contributed by atoms with Crippen molar-refractivity contribution in [1.29, 1.82) is 0 Å². The average molecular weight is 192 g/mol. The Morgan fingerprint density at radius 1 is 1.36 bits per heavy atom. The lowest BCUT2D eigenvalue weighted by atomic mass is 10.0. The molecule has 1 aromatic carbocycles. The predicted octanol–water partition coefficient (Wildman–Crippen LogP) is 2.94. The number of carbonyl (C=O) groups excluding carboxylic acids is 1. The van der Waals surface area contributed by atoms with Crippen LogP contribution in [0.2, 0.25) is 0 Å². The molecule has 1 aromatic rings. The number of ketones is 1. The van der Waals surface area contributed by atoms with Crippen molar-refractivity contribution in [3.05, 3.63) is 29.3 Å². The molecule has 0 aliphatic heterocycles. The van der Waals surface area contributed by atoms with Gasteiger partial charge in [0.25, 0.3) is 0 Å². The van der Waals surface area contributed by atoms with Gasteiger partial charge in [-0.3, -0.25) is 4.79 Å². The van der Waals surface area contributed by atoms with Gasteiger partial charge < -0.3 is 5.11 Å². The van der Waals surface area contributed by atoms with Gasteiger partial charge in [-0.2, -0.15) is 0 Å². The lowest BCUT2D eigenvalue weighted by Gasteiger charge is -2.05. The summed E-state index contributed by atoms with van der Waals surface area (Å²) in [4.78, 5) is 11.4. The SMILES string of the molecule is CCCc1ccc(O)c(C(=O)CC)c1. The average Bonchev–Trinajstić information content (AvgIpc) is 2.20. The largest absolute Gasteiger partial charge is 0.507 e. The van der Waals surface area contributed by atoms with Crippen molar-refractivity contribution in [2.45, 2.75) is 33.1 Å². The lowest BCUT2D eigenvalue weighted by molar-refractivity contribution is 0.0985. The lowest BCUT2D eigenvalue weighted by Crippen LogP contribution is -1.98. The topological polar surface area (TPSA) is 37.3 Å². The minimum Gasteiger partial charge on any atom is -0.507 e. The molecular formula is C12H16O2. The first kappa shape index (κ1) is 10.8. The fourth-order valence-corrected chi connectivity index (χ4v) is 1.44. The summed E-state index contributed by atoms with van der Waals surface area (Å²) in [7, 11) is 0. The number of aromatic hydroxyl groups is 1. The molecule has 0 heterocycles. The van der Waals surface area contributed by atoms with E-state index in [4.69, 9.17) is 0 Å². The van der Waals surface area contributed by atoms with E-state index in [-0.39, 0.29) is 11.5 Å². The van der Waals surface area contributed by atoms with Gasteiger partial charge >= 0.3 is 0 Å². The van der Waals surface area contributed by atoms with E-state index in [1.165, 1.54) is 0 Å². The van der Waals surface area contributed by atoms with E-state index in [9.17, 15) is 9.90 Å². The number of aryl methyl sites for hydroxylation is 1. The summed E-state index contributed by atoms with van der Waals surface area (Å²) >= 11 is 0. The van der Waals surface area contributed by atoms with Crippen molar-refractivity contribution in [2.75, 3.05) is 0 Å². The van der Waals surface area contributed by atoms with E-state index < -0.39 is 0 Å². The number of carbonyl (C=O) groups is 1. The molecule has 0 fully saturated rings. The molecule has 0 bridgehead atoms. The second-order valence-electron chi connectivity index (χ2n) is 3.38. The van der Waals surface area contributed by atoms with Crippen molar-refractivity contribution >= 4 is 5.78 Å². The Labute approximate surface area is 84.6 Å². The highest BCUT2D eigenvalue weighted by molar-refractivity contribution is 5.98. The Bertz CT molecular complexity index is 329. The third-order valence-corrected chi connectivity index (χ3v) is 2.22. The van der Waals surface area contributed by atoms with Gasteiger partial charge in [0.1, 0.15) is 5.75 Å². The van der Waals surface area contributed by atoms with Crippen molar-refractivity contribution < 1.29 is 9.90 Å². The Morgan fingerprint density at radius 2 is 2.07 bits per heavy atom. The minimum absolute atomic E-state index is 0.000420. The Balaban J connectivity index is 3.01. The van der Waals surface area contributed by atoms with Gasteiger partial charge in [-0.05, 0) is 24.1 Å². The highest BCUT2D eigenvalue weighted by atomic mass is 16.3. The van der Waals surface area contributed by atoms with Crippen LogP contribution in [0.1, 0.15) is 42.6 Å². The molecule has 0 saturated heterocycles. The summed E-state index contributed by atoms with van der Waals surface area (Å²) in [6.45, 7) is 3.89. The summed E-state index contributed by atoms with van der Waals surface area (Å²) in [5.41, 5.74) is 1.57. The smallest absolute Gasteiger partial charge is 0.166 e. The molecule has 0 unspecified atom stereocenters. The Hall–Kier alpha value is -1.31. The fraction of sp³-hybridized carbons (Fsp3) is 0.417. The van der Waals surface area contributed by atoms with Crippen molar-refractivity contribution in [1.82, 2.24) is 0 Å². The number of Topliss-reactive ketones (excluding diaryl/α,β-unsaturated/α-hetero) is 1. The quantitative estimate of drug-likeness (QED) is 0.745. The third kappa shape index (κ3) is 2.34. The molecule has 76 valence electrons. The van der Waals surface area contributed by atoms with Crippen LogP contribution in [-0.2, 0) is 6.42 Å². The van der Waals surface area contributed by atoms with Crippen LogP contribution in [0.25, 0.3) is 0 Å². The maximum atomic E-state index is 11.4. The zero-order valence-electron chi connectivity index (χ0n) is 8.71. The van der Waals surface area contributed by atoms with Gasteiger partial charge in [-0.25, -0.2) is 0 Å². The summed E-state index contributed by atoms with van der Waals surface area (Å²) in [6.07, 6.45) is 2.43. The molecule has 0 amide bonds. The van der Waals surface area contributed by atoms with Crippen LogP contribution in [0.4, 0.5) is 0 Å². The molecule has 0 spiro atoms. The predicted molar refractivity (Wildman–Crippen MR) is 56.7 cm³/mol. The fourth-order valence-electron chi connectivity index (χ4n) is 1.44. The molecule has 0 atom stereocenters. The number of benzene rings is 1. The zero-order valence-corrected chi connectivity index (χ0v) is 8.71. The number of hydrogen-bond acceptors (Lipinski definition) is 2. The van der Waals surface area contributed by atoms with E-state index in [0.29, 0.717) is 12.0 Å². The van der Waals surface area contributed by atoms with Gasteiger partial charge in [0, 0.05) is 6.42 Å². The number of rotatable bonds is 4. The highest BCUT2D eigenvalue weighted by Crippen LogP contribution is 2.20. The van der Waals surface area contributed by atoms with E-state index in [1.54, 1.807) is 19.1 Å². The van der Waals surface area contributed by atoms with E-state index in [2.05, 4.69) is 6.92 Å². The molecule has 2 heteroatoms. The van der Waals surface area contributed by atoms with Gasteiger partial charge in [-0.15, -0.1) is 0 Å². The van der Waals surface area contributed by atoms with Gasteiger partial charge in [-0.1, -0.05) is 26.3 Å². The Morgan fingerprint density at radius 3 is 2.64 bits per heavy atom. The van der Waals surface area contributed by atoms with Crippen LogP contribution in [-0.4, -0.2) is 10.9 Å². The van der Waals surface area contributed by atoms with Crippen LogP contribution < -0.4 is 0 Å². The zero-order chi connectivity index (χ0) is 10.6. The molecule has 14 heavy (non-hydrogen) atoms. The maximum absolute atomic E-state index is 11.4. The summed E-state index contributed by atoms with van der Waals surface area (Å²) < 4.78 is 0. The normalized spacial score (nSPS) is 10.1. The maximum Gasteiger partial charge on any atom is 0.166 e. The third-order valence-electron chi connectivity index (χ3n) is 2.22. The monoisotopic (exact) mass is 192 g/mol. The summed E-state index contributed by atoms with van der Waals surface area (Å²) in [5, 5.41) is 9.48. The van der Waals surface area contributed by atoms with Crippen LogP contribution in [0, 0.1) is 0 Å². The van der Waals surface area contributed by atoms with Crippen molar-refractivity contribution in [3.8, 4) is 5.75 Å². The first-order valence-corrected chi connectivity index (χ1v) is 5.04. The van der Waals surface area contributed by atoms with Crippen LogP contribution in [0.15, 0.2) is 18.2 Å². The Kier molecular flexibility index (Phi) is 3.69. The van der Waals surface area contributed by atoms with Crippen LogP contribution >= 0.6 is 0 Å². The standard InChI is InChI=1S/C12H16O2/c1-3-5-9-6-7-12(14)10(8-9)11(13)4-2/h6-8,14H,3-5H2,1-2H3. The molecule has 0 aliphatic rings. The van der Waals surface area contributed by atoms with Crippen LogP contribution in [0.3, 0.4) is 0 Å². The van der Waals surface area contributed by atoms with Gasteiger partial charge in [0.05, 0.1) is 5.56 Å². The summed E-state index contributed by atoms with van der Waals surface area (Å²) in [6, 6.07) is 5.27. The molecule has 1 rings (SSSR count). The van der Waals surface area contributed by atoms with E-state index >= 15 is 0 Å². The highest BCUT2D eigenvalue weighted by Gasteiger charge is 2.09. The number of phenols is 1. The van der Waals surface area contributed by atoms with Crippen molar-refractivity contribution in [3.63, 3.8) is 0 Å². The first-order valence-electron chi connectivity index (χ1n) is 5.04. The van der Waals surface area contributed by atoms with Crippen molar-refractivity contribution in [2.24, 2.45) is 0 Å². The molecular weight excluding hydrogens is 176 g/mol. The molecule has 0 radical (unpaired) electrons. The number of hydrogen-bond donors (Lipinski definition) is 1. The van der Waals surface area contributed by atoms with Gasteiger partial charge in [0.15, 0.2) is 5.78 Å². The summed E-state index contributed by atoms with van der Waals surface area (Å²) in [5.74, 6) is 0.0946. The molecule has 0 aliphatic carbocycles. The minimum atomic E-state index is 0.000420. The second-order valence-corrected chi connectivity index (χ2v) is 3.38.